The van der Waals surface area contributed by atoms with Crippen molar-refractivity contribution in [2.24, 2.45) is 0 Å². The summed E-state index contributed by atoms with van der Waals surface area (Å²) < 4.78 is 0. The second kappa shape index (κ2) is 3.02. The normalized spacial score (nSPS) is 30.2. The zero-order valence-electron chi connectivity index (χ0n) is 6.30. The van der Waals surface area contributed by atoms with Crippen LogP contribution in [0.15, 0.2) is 12.2 Å². The molecule has 0 bridgehead atoms. The van der Waals surface area contributed by atoms with Crippen molar-refractivity contribution in [2.45, 2.75) is 25.8 Å². The van der Waals surface area contributed by atoms with Gasteiger partial charge in [0.2, 0.25) is 0 Å². The van der Waals surface area contributed by atoms with Crippen LogP contribution in [-0.4, -0.2) is 24.5 Å². The molecular weight excluding hydrogens is 110 g/mol. The molecule has 1 aliphatic rings. The van der Waals surface area contributed by atoms with Crippen LogP contribution in [0.5, 0.6) is 0 Å². The van der Waals surface area contributed by atoms with Gasteiger partial charge in [0.15, 0.2) is 0 Å². The van der Waals surface area contributed by atoms with Gasteiger partial charge in [-0.3, -0.25) is 0 Å². The quantitative estimate of drug-likeness (QED) is 0.445. The van der Waals surface area contributed by atoms with Crippen molar-refractivity contribution in [3.05, 3.63) is 12.2 Å². The highest BCUT2D eigenvalue weighted by atomic mass is 15.1. The highest BCUT2D eigenvalue weighted by Crippen LogP contribution is 2.08. The van der Waals surface area contributed by atoms with Crippen LogP contribution in [0.25, 0.3) is 0 Å². The van der Waals surface area contributed by atoms with Crippen LogP contribution in [0, 0.1) is 0 Å². The topological polar surface area (TPSA) is 3.24 Å². The lowest BCUT2D eigenvalue weighted by Crippen LogP contribution is -2.27. The lowest BCUT2D eigenvalue weighted by Gasteiger charge is -2.20. The maximum Gasteiger partial charge on any atom is 0.0162 e. The van der Waals surface area contributed by atoms with E-state index in [1.807, 2.05) is 0 Å². The molecule has 1 aliphatic heterocycles. The van der Waals surface area contributed by atoms with E-state index >= 15 is 0 Å². The molecule has 1 rings (SSSR count). The first-order chi connectivity index (χ1) is 4.30. The van der Waals surface area contributed by atoms with Gasteiger partial charge in [-0.25, -0.2) is 0 Å². The Labute approximate surface area is 57.4 Å². The monoisotopic (exact) mass is 125 g/mol. The number of hydrogen-bond donors (Lipinski definition) is 0. The van der Waals surface area contributed by atoms with Crippen molar-refractivity contribution in [3.63, 3.8) is 0 Å². The van der Waals surface area contributed by atoms with Gasteiger partial charge in [-0.15, -0.1) is 0 Å². The first-order valence-electron chi connectivity index (χ1n) is 3.66. The van der Waals surface area contributed by atoms with Crippen LogP contribution in [0.3, 0.4) is 0 Å². The van der Waals surface area contributed by atoms with Gasteiger partial charge < -0.3 is 4.90 Å². The van der Waals surface area contributed by atoms with E-state index in [9.17, 15) is 0 Å². The molecule has 0 aromatic heterocycles. The van der Waals surface area contributed by atoms with E-state index in [4.69, 9.17) is 0 Å². The molecule has 0 saturated carbocycles. The highest BCUT2D eigenvalue weighted by Gasteiger charge is 2.07. The molecule has 0 N–H and O–H groups in total. The first-order valence-corrected chi connectivity index (χ1v) is 3.66. The summed E-state index contributed by atoms with van der Waals surface area (Å²) in [5.74, 6) is 0. The van der Waals surface area contributed by atoms with Crippen molar-refractivity contribution >= 4 is 0 Å². The minimum atomic E-state index is 0.764. The lowest BCUT2D eigenvalue weighted by molar-refractivity contribution is 0.278. The Hall–Kier alpha value is -0.300. The predicted octanol–water partition coefficient (Wildman–Crippen LogP) is 1.66. The summed E-state index contributed by atoms with van der Waals surface area (Å²) in [6.07, 6.45) is 7.10. The van der Waals surface area contributed by atoms with Gasteiger partial charge in [0.1, 0.15) is 0 Å². The summed E-state index contributed by atoms with van der Waals surface area (Å²) in [6.45, 7) is 3.41. The molecule has 0 radical (unpaired) electrons. The average Bonchev–Trinajstić information content (AvgIpc) is 1.99. The van der Waals surface area contributed by atoms with Gasteiger partial charge in [-0.1, -0.05) is 12.2 Å². The van der Waals surface area contributed by atoms with E-state index in [0.717, 1.165) is 12.6 Å². The Balaban J connectivity index is 2.42. The lowest BCUT2D eigenvalue weighted by atomic mass is 10.2. The fourth-order valence-electron chi connectivity index (χ4n) is 1.10. The summed E-state index contributed by atoms with van der Waals surface area (Å²) >= 11 is 0. The van der Waals surface area contributed by atoms with E-state index in [-0.39, 0.29) is 0 Å². The van der Waals surface area contributed by atoms with E-state index in [0.29, 0.717) is 0 Å². The third-order valence-electron chi connectivity index (χ3n) is 2.06. The van der Waals surface area contributed by atoms with E-state index in [1.165, 1.54) is 12.8 Å². The van der Waals surface area contributed by atoms with Crippen molar-refractivity contribution in [1.29, 1.82) is 0 Å². The summed E-state index contributed by atoms with van der Waals surface area (Å²) in [7, 11) is 2.18. The molecule has 0 fully saturated rings. The zero-order valence-corrected chi connectivity index (χ0v) is 6.30. The average molecular weight is 125 g/mol. The fraction of sp³-hybridized carbons (Fsp3) is 0.750. The molecular formula is C8H15N. The van der Waals surface area contributed by atoms with E-state index in [1.54, 1.807) is 0 Å². The number of hydrogen-bond acceptors (Lipinski definition) is 1. The molecule has 9 heavy (non-hydrogen) atoms. The zero-order chi connectivity index (χ0) is 6.69. The maximum atomic E-state index is 2.38. The number of nitrogens with zero attached hydrogens (tertiary/aromatic N) is 1. The molecule has 52 valence electrons. The molecule has 0 saturated heterocycles. The Bertz CT molecular complexity index is 107. The molecule has 0 aromatic rings. The largest absolute Gasteiger partial charge is 0.300 e. The van der Waals surface area contributed by atoms with Crippen LogP contribution in [-0.2, 0) is 0 Å². The highest BCUT2D eigenvalue weighted by molar-refractivity contribution is 4.89. The molecule has 0 aliphatic carbocycles. The molecule has 0 aromatic carbocycles. The minimum absolute atomic E-state index is 0.764. The van der Waals surface area contributed by atoms with Crippen LogP contribution in [0.2, 0.25) is 0 Å². The maximum absolute atomic E-state index is 2.38. The van der Waals surface area contributed by atoms with Gasteiger partial charge in [0.05, 0.1) is 0 Å². The molecule has 1 heterocycles. The number of allylic oxidation sites excluding steroid dienone is 1. The van der Waals surface area contributed by atoms with E-state index < -0.39 is 0 Å². The third kappa shape index (κ3) is 1.83. The van der Waals surface area contributed by atoms with Crippen molar-refractivity contribution in [2.75, 3.05) is 13.6 Å². The third-order valence-corrected chi connectivity index (χ3v) is 2.06. The van der Waals surface area contributed by atoms with Crippen LogP contribution in [0.1, 0.15) is 19.8 Å². The Morgan fingerprint density at radius 3 is 3.00 bits per heavy atom. The molecule has 0 amide bonds. The summed E-state index contributed by atoms with van der Waals surface area (Å²) in [4.78, 5) is 2.38. The Kier molecular flexibility index (Phi) is 2.29. The summed E-state index contributed by atoms with van der Waals surface area (Å²) in [5.41, 5.74) is 0. The standard InChI is InChI=1S/C8H15N/c1-8-6-4-3-5-7-9(8)2/h3,5,8H,4,6-7H2,1-2H3. The van der Waals surface area contributed by atoms with Crippen molar-refractivity contribution < 1.29 is 0 Å². The van der Waals surface area contributed by atoms with Crippen LogP contribution < -0.4 is 0 Å². The van der Waals surface area contributed by atoms with Gasteiger partial charge in [-0.05, 0) is 26.8 Å². The Morgan fingerprint density at radius 1 is 1.44 bits per heavy atom. The van der Waals surface area contributed by atoms with Gasteiger partial charge in [0, 0.05) is 12.6 Å². The van der Waals surface area contributed by atoms with E-state index in [2.05, 4.69) is 31.0 Å². The number of rotatable bonds is 0. The SMILES string of the molecule is CC1CCC=CCN1C. The van der Waals surface area contributed by atoms with Crippen molar-refractivity contribution in [1.82, 2.24) is 4.90 Å². The Morgan fingerprint density at radius 2 is 2.22 bits per heavy atom. The van der Waals surface area contributed by atoms with Crippen LogP contribution >= 0.6 is 0 Å². The molecule has 1 heteroatoms. The minimum Gasteiger partial charge on any atom is -0.300 e. The van der Waals surface area contributed by atoms with Crippen LogP contribution in [0.4, 0.5) is 0 Å². The molecule has 1 unspecified atom stereocenters. The molecule has 0 spiro atoms. The van der Waals surface area contributed by atoms with Gasteiger partial charge in [-0.2, -0.15) is 0 Å². The summed E-state index contributed by atoms with van der Waals surface area (Å²) in [5, 5.41) is 0. The van der Waals surface area contributed by atoms with Crippen molar-refractivity contribution in [3.8, 4) is 0 Å². The second-order valence-electron chi connectivity index (χ2n) is 2.84. The predicted molar refractivity (Wildman–Crippen MR) is 40.5 cm³/mol. The van der Waals surface area contributed by atoms with Gasteiger partial charge >= 0.3 is 0 Å². The first kappa shape index (κ1) is 6.81. The fourth-order valence-corrected chi connectivity index (χ4v) is 1.10. The summed E-state index contributed by atoms with van der Waals surface area (Å²) in [6, 6.07) is 0.764. The molecule has 1 atom stereocenters. The smallest absolute Gasteiger partial charge is 0.0162 e. The second-order valence-corrected chi connectivity index (χ2v) is 2.84. The number of likely N-dealkylation sites (N-methyl/N-ethyl adjacent to an activating group) is 1. The molecule has 1 nitrogen and oxygen atoms in total. The van der Waals surface area contributed by atoms with Gasteiger partial charge in [0.25, 0.3) is 0 Å².